The van der Waals surface area contributed by atoms with E-state index in [2.05, 4.69) is 23.9 Å². The topological polar surface area (TPSA) is 35.8 Å². The first-order chi connectivity index (χ1) is 7.65. The molecule has 1 aromatic carbocycles. The molecular formula is C13H14N2S. The molecule has 1 aromatic rings. The van der Waals surface area contributed by atoms with Gasteiger partial charge in [-0.15, -0.1) is 0 Å². The van der Waals surface area contributed by atoms with Crippen molar-refractivity contribution in [2.24, 2.45) is 0 Å². The summed E-state index contributed by atoms with van der Waals surface area (Å²) in [6, 6.07) is 9.56. The number of benzene rings is 1. The van der Waals surface area contributed by atoms with Crippen molar-refractivity contribution in [1.82, 2.24) is 0 Å². The third kappa shape index (κ3) is 3.48. The molecule has 0 saturated heterocycles. The minimum absolute atomic E-state index is 0.649. The summed E-state index contributed by atoms with van der Waals surface area (Å²) in [6.45, 7) is 9.66. The summed E-state index contributed by atoms with van der Waals surface area (Å²) < 4.78 is 3.14. The van der Waals surface area contributed by atoms with E-state index in [0.717, 1.165) is 22.6 Å². The smallest absolute Gasteiger partial charge is 0.101 e. The van der Waals surface area contributed by atoms with E-state index in [9.17, 15) is 0 Å². The number of hydrogen-bond acceptors (Lipinski definition) is 3. The van der Waals surface area contributed by atoms with Gasteiger partial charge in [-0.25, -0.2) is 0 Å². The van der Waals surface area contributed by atoms with Crippen molar-refractivity contribution >= 4 is 17.6 Å². The van der Waals surface area contributed by atoms with E-state index in [1.807, 2.05) is 25.1 Å². The molecule has 0 unspecified atom stereocenters. The maximum atomic E-state index is 8.88. The fraction of sp³-hybridized carbons (Fsp3) is 0.154. The zero-order valence-electron chi connectivity index (χ0n) is 9.29. The Morgan fingerprint density at radius 1 is 1.44 bits per heavy atom. The highest BCUT2D eigenvalue weighted by Crippen LogP contribution is 2.19. The predicted molar refractivity (Wildman–Crippen MR) is 71.2 cm³/mol. The van der Waals surface area contributed by atoms with Crippen molar-refractivity contribution in [2.45, 2.75) is 6.92 Å². The van der Waals surface area contributed by atoms with Crippen LogP contribution in [0.4, 0.5) is 5.69 Å². The Morgan fingerprint density at radius 2 is 2.12 bits per heavy atom. The summed E-state index contributed by atoms with van der Waals surface area (Å²) in [7, 11) is 0. The van der Waals surface area contributed by atoms with Crippen molar-refractivity contribution in [3.8, 4) is 6.07 Å². The second-order valence-electron chi connectivity index (χ2n) is 3.43. The van der Waals surface area contributed by atoms with E-state index >= 15 is 0 Å². The number of para-hydroxylation sites is 1. The highest BCUT2D eigenvalue weighted by atomic mass is 32.2. The van der Waals surface area contributed by atoms with Gasteiger partial charge in [-0.05, 0) is 36.6 Å². The first-order valence-corrected chi connectivity index (χ1v) is 5.84. The molecule has 3 heteroatoms. The van der Waals surface area contributed by atoms with Crippen LogP contribution in [0.2, 0.25) is 0 Å². The molecule has 2 nitrogen and oxygen atoms in total. The molecule has 0 radical (unpaired) electrons. The fourth-order valence-corrected chi connectivity index (χ4v) is 1.82. The molecule has 0 amide bonds. The standard InChI is InChI=1S/C13H14N2S/c1-10(2)11(3)9-16-15-13-7-5-4-6-12(13)8-14/h4-7,15H,1,3,9H2,2H3. The normalized spacial score (nSPS) is 9.25. The van der Waals surface area contributed by atoms with Crippen LogP contribution in [0.3, 0.4) is 0 Å². The molecular weight excluding hydrogens is 216 g/mol. The van der Waals surface area contributed by atoms with E-state index in [4.69, 9.17) is 5.26 Å². The summed E-state index contributed by atoms with van der Waals surface area (Å²) >= 11 is 1.51. The van der Waals surface area contributed by atoms with Crippen LogP contribution in [0, 0.1) is 11.3 Å². The number of nitrogens with zero attached hydrogens (tertiary/aromatic N) is 1. The van der Waals surface area contributed by atoms with Gasteiger partial charge in [-0.1, -0.05) is 30.9 Å². The predicted octanol–water partition coefficient (Wildman–Crippen LogP) is 3.75. The van der Waals surface area contributed by atoms with Crippen LogP contribution in [-0.2, 0) is 0 Å². The Balaban J connectivity index is 2.53. The molecule has 0 aliphatic rings. The molecule has 0 aromatic heterocycles. The van der Waals surface area contributed by atoms with Gasteiger partial charge in [0.25, 0.3) is 0 Å². The van der Waals surface area contributed by atoms with Gasteiger partial charge >= 0.3 is 0 Å². The van der Waals surface area contributed by atoms with Gasteiger partial charge in [0.2, 0.25) is 0 Å². The molecule has 0 fully saturated rings. The van der Waals surface area contributed by atoms with Crippen LogP contribution in [-0.4, -0.2) is 5.75 Å². The maximum absolute atomic E-state index is 8.88. The summed E-state index contributed by atoms with van der Waals surface area (Å²) in [5.41, 5.74) is 3.48. The van der Waals surface area contributed by atoms with Gasteiger partial charge in [-0.3, -0.25) is 0 Å². The maximum Gasteiger partial charge on any atom is 0.101 e. The number of nitriles is 1. The molecule has 0 saturated carbocycles. The lowest BCUT2D eigenvalue weighted by molar-refractivity contribution is 1.40. The summed E-state index contributed by atoms with van der Waals surface area (Å²) in [6.07, 6.45) is 0. The van der Waals surface area contributed by atoms with Crippen LogP contribution in [0.1, 0.15) is 12.5 Å². The SMILES string of the molecule is C=C(C)C(=C)CSNc1ccccc1C#N. The highest BCUT2D eigenvalue weighted by Gasteiger charge is 2.00. The summed E-state index contributed by atoms with van der Waals surface area (Å²) in [5.74, 6) is 0.759. The molecule has 0 heterocycles. The number of anilines is 1. The van der Waals surface area contributed by atoms with Crippen LogP contribution in [0.5, 0.6) is 0 Å². The van der Waals surface area contributed by atoms with Gasteiger partial charge in [0, 0.05) is 5.75 Å². The van der Waals surface area contributed by atoms with Crippen molar-refractivity contribution in [2.75, 3.05) is 10.5 Å². The van der Waals surface area contributed by atoms with E-state index < -0.39 is 0 Å². The first kappa shape index (κ1) is 12.4. The Bertz CT molecular complexity index is 443. The van der Waals surface area contributed by atoms with Crippen molar-refractivity contribution < 1.29 is 0 Å². The van der Waals surface area contributed by atoms with Crippen LogP contribution >= 0.6 is 11.9 Å². The zero-order chi connectivity index (χ0) is 12.0. The minimum atomic E-state index is 0.649. The van der Waals surface area contributed by atoms with E-state index in [0.29, 0.717) is 5.56 Å². The summed E-state index contributed by atoms with van der Waals surface area (Å²) in [5, 5.41) is 8.88. The van der Waals surface area contributed by atoms with E-state index in [1.165, 1.54) is 11.9 Å². The Hall–Kier alpha value is -1.66. The molecule has 82 valence electrons. The fourth-order valence-electron chi connectivity index (χ4n) is 0.994. The molecule has 0 aliphatic heterocycles. The third-order valence-corrected chi connectivity index (χ3v) is 2.94. The van der Waals surface area contributed by atoms with Gasteiger partial charge in [0.15, 0.2) is 0 Å². The van der Waals surface area contributed by atoms with E-state index in [-0.39, 0.29) is 0 Å². The van der Waals surface area contributed by atoms with Crippen LogP contribution < -0.4 is 4.72 Å². The summed E-state index contributed by atoms with van der Waals surface area (Å²) in [4.78, 5) is 0. The minimum Gasteiger partial charge on any atom is -0.328 e. The number of rotatable bonds is 5. The highest BCUT2D eigenvalue weighted by molar-refractivity contribution is 8.00. The number of hydrogen-bond donors (Lipinski definition) is 1. The monoisotopic (exact) mass is 230 g/mol. The quantitative estimate of drug-likeness (QED) is 0.618. The lowest BCUT2D eigenvalue weighted by Crippen LogP contribution is -1.94. The molecule has 0 spiro atoms. The molecule has 0 atom stereocenters. The molecule has 0 aliphatic carbocycles. The Morgan fingerprint density at radius 3 is 2.75 bits per heavy atom. The average Bonchev–Trinajstić information content (AvgIpc) is 2.29. The van der Waals surface area contributed by atoms with Crippen molar-refractivity contribution in [3.63, 3.8) is 0 Å². The van der Waals surface area contributed by atoms with Crippen molar-refractivity contribution in [1.29, 1.82) is 5.26 Å². The lowest BCUT2D eigenvalue weighted by Gasteiger charge is -2.08. The lowest BCUT2D eigenvalue weighted by atomic mass is 10.2. The van der Waals surface area contributed by atoms with Crippen LogP contribution in [0.25, 0.3) is 0 Å². The second-order valence-corrected chi connectivity index (χ2v) is 4.21. The van der Waals surface area contributed by atoms with Crippen LogP contribution in [0.15, 0.2) is 48.6 Å². The number of allylic oxidation sites excluding steroid dienone is 1. The van der Waals surface area contributed by atoms with Gasteiger partial charge in [0.05, 0.1) is 11.3 Å². The van der Waals surface area contributed by atoms with Gasteiger partial charge in [0.1, 0.15) is 6.07 Å². The zero-order valence-corrected chi connectivity index (χ0v) is 10.1. The Labute approximate surface area is 101 Å². The van der Waals surface area contributed by atoms with Gasteiger partial charge < -0.3 is 4.72 Å². The first-order valence-electron chi connectivity index (χ1n) is 4.85. The molecule has 1 N–H and O–H groups in total. The Kier molecular flexibility index (Phi) is 4.68. The molecule has 1 rings (SSSR count). The largest absolute Gasteiger partial charge is 0.328 e. The van der Waals surface area contributed by atoms with Gasteiger partial charge in [-0.2, -0.15) is 5.26 Å². The molecule has 0 bridgehead atoms. The third-order valence-electron chi connectivity index (χ3n) is 2.08. The number of nitrogens with one attached hydrogen (secondary N) is 1. The average molecular weight is 230 g/mol. The molecule has 16 heavy (non-hydrogen) atoms. The second kappa shape index (κ2) is 6.04. The van der Waals surface area contributed by atoms with E-state index in [1.54, 1.807) is 6.07 Å². The van der Waals surface area contributed by atoms with Crippen molar-refractivity contribution in [3.05, 3.63) is 54.1 Å².